The van der Waals surface area contributed by atoms with E-state index >= 15 is 0 Å². The summed E-state index contributed by atoms with van der Waals surface area (Å²) in [6.07, 6.45) is 2.54. The zero-order chi connectivity index (χ0) is 18.2. The minimum Gasteiger partial charge on any atom is -0.492 e. The molecule has 2 aromatic rings. The Balaban J connectivity index is 2.00. The minimum atomic E-state index is -0.371. The molecule has 0 saturated carbocycles. The molecule has 25 heavy (non-hydrogen) atoms. The van der Waals surface area contributed by atoms with Gasteiger partial charge in [0.2, 0.25) is 5.13 Å². The highest BCUT2D eigenvalue weighted by molar-refractivity contribution is 7.17. The van der Waals surface area contributed by atoms with Crippen molar-refractivity contribution in [2.24, 2.45) is 5.10 Å². The highest BCUT2D eigenvalue weighted by Gasteiger charge is 2.15. The van der Waals surface area contributed by atoms with Crippen molar-refractivity contribution in [3.8, 4) is 5.75 Å². The van der Waals surface area contributed by atoms with Gasteiger partial charge >= 0.3 is 5.97 Å². The number of esters is 1. The molecule has 8 heteroatoms. The van der Waals surface area contributed by atoms with Crippen LogP contribution in [-0.4, -0.2) is 30.4 Å². The average Bonchev–Trinajstić information content (AvgIpc) is 2.95. The summed E-state index contributed by atoms with van der Waals surface area (Å²) in [6, 6.07) is 5.44. The van der Waals surface area contributed by atoms with Crippen molar-refractivity contribution in [2.45, 2.75) is 27.2 Å². The Labute approximate surface area is 155 Å². The zero-order valence-electron chi connectivity index (χ0n) is 14.3. The standard InChI is InChI=1S/C17H20ClN3O3S/c1-4-8-24-14-7-6-12(9-13(14)18)10-19-21-17-20-11(3)15(25-17)16(22)23-5-2/h6-7,9-10H,4-5,8H2,1-3H3,(H,20,21)/b19-10-. The summed E-state index contributed by atoms with van der Waals surface area (Å²) in [6.45, 7) is 6.51. The first kappa shape index (κ1) is 19.2. The number of rotatable bonds is 8. The van der Waals surface area contributed by atoms with Crippen LogP contribution in [0, 0.1) is 6.92 Å². The van der Waals surface area contributed by atoms with Gasteiger partial charge in [0, 0.05) is 0 Å². The van der Waals surface area contributed by atoms with Gasteiger partial charge in [0.05, 0.1) is 30.1 Å². The normalized spacial score (nSPS) is 10.9. The van der Waals surface area contributed by atoms with Gasteiger partial charge in [0.1, 0.15) is 10.6 Å². The number of aromatic nitrogens is 1. The number of hydrogen-bond donors (Lipinski definition) is 1. The fourth-order valence-electron chi connectivity index (χ4n) is 1.92. The van der Waals surface area contributed by atoms with Crippen molar-refractivity contribution < 1.29 is 14.3 Å². The number of aryl methyl sites for hydroxylation is 1. The largest absolute Gasteiger partial charge is 0.492 e. The molecule has 0 fully saturated rings. The molecule has 0 atom stereocenters. The number of hydrogen-bond acceptors (Lipinski definition) is 7. The fraction of sp³-hybridized carbons (Fsp3) is 0.353. The topological polar surface area (TPSA) is 72.8 Å². The molecule has 0 bridgehead atoms. The first-order valence-electron chi connectivity index (χ1n) is 7.91. The van der Waals surface area contributed by atoms with Crippen LogP contribution in [0.5, 0.6) is 5.75 Å². The number of nitrogens with one attached hydrogen (secondary N) is 1. The number of carbonyl (C=O) groups is 1. The van der Waals surface area contributed by atoms with Gasteiger partial charge < -0.3 is 9.47 Å². The van der Waals surface area contributed by atoms with E-state index in [9.17, 15) is 4.79 Å². The van der Waals surface area contributed by atoms with E-state index in [1.54, 1.807) is 26.1 Å². The molecule has 0 aliphatic carbocycles. The number of thiazole rings is 1. The molecule has 0 unspecified atom stereocenters. The summed E-state index contributed by atoms with van der Waals surface area (Å²) < 4.78 is 10.5. The Kier molecular flexibility index (Phi) is 7.21. The van der Waals surface area contributed by atoms with E-state index in [0.717, 1.165) is 12.0 Å². The van der Waals surface area contributed by atoms with Crippen LogP contribution in [0.1, 0.15) is 41.2 Å². The molecule has 1 aromatic heterocycles. The van der Waals surface area contributed by atoms with Crippen molar-refractivity contribution in [2.75, 3.05) is 18.6 Å². The van der Waals surface area contributed by atoms with Crippen LogP contribution in [0.3, 0.4) is 0 Å². The Bertz CT molecular complexity index is 762. The molecule has 0 saturated heterocycles. The first-order valence-corrected chi connectivity index (χ1v) is 9.10. The maximum absolute atomic E-state index is 11.8. The van der Waals surface area contributed by atoms with Crippen LogP contribution >= 0.6 is 22.9 Å². The predicted molar refractivity (Wildman–Crippen MR) is 101 cm³/mol. The zero-order valence-corrected chi connectivity index (χ0v) is 15.9. The first-order chi connectivity index (χ1) is 12.0. The lowest BCUT2D eigenvalue weighted by molar-refractivity contribution is 0.0531. The number of carbonyl (C=O) groups excluding carboxylic acids is 1. The molecule has 0 aliphatic heterocycles. The second kappa shape index (κ2) is 9.39. The van der Waals surface area contributed by atoms with Crippen LogP contribution < -0.4 is 10.2 Å². The summed E-state index contributed by atoms with van der Waals surface area (Å²) >= 11 is 7.38. The molecular weight excluding hydrogens is 362 g/mol. The number of halogens is 1. The summed E-state index contributed by atoms with van der Waals surface area (Å²) in [4.78, 5) is 16.5. The van der Waals surface area contributed by atoms with Gasteiger partial charge in [-0.25, -0.2) is 9.78 Å². The molecule has 0 aliphatic rings. The second-order valence-corrected chi connectivity index (χ2v) is 6.47. The molecule has 1 N–H and O–H groups in total. The van der Waals surface area contributed by atoms with E-state index in [2.05, 4.69) is 15.5 Å². The Morgan fingerprint density at radius 2 is 2.24 bits per heavy atom. The van der Waals surface area contributed by atoms with E-state index in [1.807, 2.05) is 19.1 Å². The van der Waals surface area contributed by atoms with E-state index in [4.69, 9.17) is 21.1 Å². The Morgan fingerprint density at radius 3 is 2.92 bits per heavy atom. The average molecular weight is 382 g/mol. The highest BCUT2D eigenvalue weighted by atomic mass is 35.5. The van der Waals surface area contributed by atoms with Crippen LogP contribution in [-0.2, 0) is 4.74 Å². The lowest BCUT2D eigenvalue weighted by Gasteiger charge is -2.06. The number of ether oxygens (including phenoxy) is 2. The monoisotopic (exact) mass is 381 g/mol. The van der Waals surface area contributed by atoms with Crippen molar-refractivity contribution in [1.82, 2.24) is 4.98 Å². The quantitative estimate of drug-likeness (QED) is 0.413. The van der Waals surface area contributed by atoms with E-state index in [1.165, 1.54) is 11.3 Å². The maximum atomic E-state index is 11.8. The second-order valence-electron chi connectivity index (χ2n) is 5.06. The van der Waals surface area contributed by atoms with Crippen molar-refractivity contribution in [1.29, 1.82) is 0 Å². The SMILES string of the molecule is CCCOc1ccc(/C=N\Nc2nc(C)c(C(=O)OCC)s2)cc1Cl. The molecule has 2 rings (SSSR count). The number of benzene rings is 1. The summed E-state index contributed by atoms with van der Waals surface area (Å²) in [5, 5.41) is 5.18. The van der Waals surface area contributed by atoms with E-state index in [0.29, 0.717) is 39.7 Å². The lowest BCUT2D eigenvalue weighted by Crippen LogP contribution is -2.03. The van der Waals surface area contributed by atoms with Gasteiger partial charge in [-0.2, -0.15) is 5.10 Å². The third kappa shape index (κ3) is 5.44. The number of anilines is 1. The molecular formula is C17H20ClN3O3S. The van der Waals surface area contributed by atoms with Crippen LogP contribution in [0.2, 0.25) is 5.02 Å². The molecule has 0 amide bonds. The lowest BCUT2D eigenvalue weighted by atomic mass is 10.2. The molecule has 0 spiro atoms. The molecule has 1 heterocycles. The Morgan fingerprint density at radius 1 is 1.44 bits per heavy atom. The fourth-order valence-corrected chi connectivity index (χ4v) is 2.97. The summed E-state index contributed by atoms with van der Waals surface area (Å²) in [5.41, 5.74) is 4.25. The molecule has 0 radical (unpaired) electrons. The minimum absolute atomic E-state index is 0.329. The predicted octanol–water partition coefficient (Wildman–Crippen LogP) is 4.52. The number of hydrazone groups is 1. The van der Waals surface area contributed by atoms with Gasteiger partial charge in [-0.15, -0.1) is 0 Å². The third-order valence-corrected chi connectivity index (χ3v) is 4.39. The van der Waals surface area contributed by atoms with Gasteiger partial charge in [-0.3, -0.25) is 5.43 Å². The van der Waals surface area contributed by atoms with E-state index < -0.39 is 0 Å². The summed E-state index contributed by atoms with van der Waals surface area (Å²) in [7, 11) is 0. The molecule has 134 valence electrons. The van der Waals surface area contributed by atoms with Crippen LogP contribution in [0.4, 0.5) is 5.13 Å². The van der Waals surface area contributed by atoms with E-state index in [-0.39, 0.29) is 5.97 Å². The van der Waals surface area contributed by atoms with Crippen molar-refractivity contribution >= 4 is 40.3 Å². The molecule has 1 aromatic carbocycles. The van der Waals surface area contributed by atoms with Gasteiger partial charge in [-0.05, 0) is 44.0 Å². The van der Waals surface area contributed by atoms with Crippen LogP contribution in [0.25, 0.3) is 0 Å². The van der Waals surface area contributed by atoms with Crippen molar-refractivity contribution in [3.05, 3.63) is 39.4 Å². The van der Waals surface area contributed by atoms with Gasteiger partial charge in [0.25, 0.3) is 0 Å². The Hall–Kier alpha value is -2.12. The number of nitrogens with zero attached hydrogens (tertiary/aromatic N) is 2. The van der Waals surface area contributed by atoms with Crippen LogP contribution in [0.15, 0.2) is 23.3 Å². The maximum Gasteiger partial charge on any atom is 0.350 e. The van der Waals surface area contributed by atoms with Gasteiger partial charge in [-0.1, -0.05) is 29.9 Å². The van der Waals surface area contributed by atoms with Crippen molar-refractivity contribution in [3.63, 3.8) is 0 Å². The summed E-state index contributed by atoms with van der Waals surface area (Å²) in [5.74, 6) is 0.284. The van der Waals surface area contributed by atoms with Gasteiger partial charge in [0.15, 0.2) is 0 Å². The smallest absolute Gasteiger partial charge is 0.350 e. The third-order valence-electron chi connectivity index (χ3n) is 3.05. The highest BCUT2D eigenvalue weighted by Crippen LogP contribution is 2.25. The molecule has 6 nitrogen and oxygen atoms in total.